The highest BCUT2D eigenvalue weighted by Crippen LogP contribution is 2.20. The molecule has 0 aromatic heterocycles. The van der Waals surface area contributed by atoms with Crippen LogP contribution >= 0.6 is 0 Å². The van der Waals surface area contributed by atoms with E-state index in [1.807, 2.05) is 0 Å². The minimum Gasteiger partial charge on any atom is -0.383 e. The predicted octanol–water partition coefficient (Wildman–Crippen LogP) is 2.97. The van der Waals surface area contributed by atoms with Crippen molar-refractivity contribution in [3.8, 4) is 0 Å². The number of ether oxygens (including phenoxy) is 1. The smallest absolute Gasteiger partial charge is 0.163 e. The van der Waals surface area contributed by atoms with Gasteiger partial charge in [0.05, 0.1) is 6.61 Å². The molecule has 1 unspecified atom stereocenters. The number of benzene rings is 1. The van der Waals surface area contributed by atoms with E-state index >= 15 is 0 Å². The number of likely N-dealkylation sites (N-methyl/N-ethyl adjacent to an activating group) is 1. The van der Waals surface area contributed by atoms with E-state index in [0.717, 1.165) is 32.1 Å². The SMILES string of the molecule is CCCNC(CN(CC)CCOC)c1cccc(F)c1F. The molecule has 0 saturated carbocycles. The molecule has 0 aliphatic rings. The summed E-state index contributed by atoms with van der Waals surface area (Å²) in [5.41, 5.74) is 0.388. The van der Waals surface area contributed by atoms with Crippen LogP contribution in [-0.2, 0) is 4.74 Å². The maximum absolute atomic E-state index is 14.0. The summed E-state index contributed by atoms with van der Waals surface area (Å²) in [6.07, 6.45) is 0.942. The van der Waals surface area contributed by atoms with Gasteiger partial charge in [-0.1, -0.05) is 26.0 Å². The third-order valence-electron chi connectivity index (χ3n) is 3.50. The van der Waals surface area contributed by atoms with E-state index < -0.39 is 11.6 Å². The van der Waals surface area contributed by atoms with Crippen LogP contribution in [0.3, 0.4) is 0 Å². The van der Waals surface area contributed by atoms with Gasteiger partial charge in [0.15, 0.2) is 11.6 Å². The number of nitrogens with one attached hydrogen (secondary N) is 1. The van der Waals surface area contributed by atoms with Crippen molar-refractivity contribution in [3.05, 3.63) is 35.4 Å². The Balaban J connectivity index is 2.85. The van der Waals surface area contributed by atoms with Crippen molar-refractivity contribution < 1.29 is 13.5 Å². The molecule has 0 radical (unpaired) electrons. The van der Waals surface area contributed by atoms with Crippen molar-refractivity contribution in [2.75, 3.05) is 39.9 Å². The average Bonchev–Trinajstić information content (AvgIpc) is 2.50. The van der Waals surface area contributed by atoms with E-state index in [-0.39, 0.29) is 6.04 Å². The number of methoxy groups -OCH3 is 1. The van der Waals surface area contributed by atoms with Crippen LogP contribution in [0, 0.1) is 11.6 Å². The topological polar surface area (TPSA) is 24.5 Å². The lowest BCUT2D eigenvalue weighted by Crippen LogP contribution is -2.37. The van der Waals surface area contributed by atoms with Gasteiger partial charge < -0.3 is 10.1 Å². The van der Waals surface area contributed by atoms with Gasteiger partial charge in [0.25, 0.3) is 0 Å². The molecule has 0 aliphatic carbocycles. The summed E-state index contributed by atoms with van der Waals surface area (Å²) in [5.74, 6) is -1.55. The normalized spacial score (nSPS) is 12.9. The first-order valence-corrected chi connectivity index (χ1v) is 7.52. The number of halogens is 2. The maximum atomic E-state index is 14.0. The fourth-order valence-corrected chi connectivity index (χ4v) is 2.24. The molecule has 21 heavy (non-hydrogen) atoms. The number of nitrogens with zero attached hydrogens (tertiary/aromatic N) is 1. The highest BCUT2D eigenvalue weighted by Gasteiger charge is 2.20. The Kier molecular flexibility index (Phi) is 8.42. The standard InChI is InChI=1S/C16H26F2N2O/c1-4-9-19-15(12-20(5-2)10-11-21-3)13-7-6-8-14(17)16(13)18/h6-8,15,19H,4-5,9-12H2,1-3H3. The second-order valence-electron chi connectivity index (χ2n) is 5.04. The Morgan fingerprint density at radius 2 is 2.05 bits per heavy atom. The molecular formula is C16H26F2N2O. The van der Waals surface area contributed by atoms with Gasteiger partial charge in [-0.3, -0.25) is 4.90 Å². The average molecular weight is 300 g/mol. The maximum Gasteiger partial charge on any atom is 0.163 e. The molecule has 5 heteroatoms. The molecule has 0 heterocycles. The lowest BCUT2D eigenvalue weighted by molar-refractivity contribution is 0.143. The first kappa shape index (κ1) is 18.0. The Labute approximate surface area is 126 Å². The Morgan fingerprint density at radius 1 is 1.29 bits per heavy atom. The molecule has 1 N–H and O–H groups in total. The van der Waals surface area contributed by atoms with Crippen molar-refractivity contribution in [1.29, 1.82) is 0 Å². The van der Waals surface area contributed by atoms with E-state index in [1.54, 1.807) is 19.2 Å². The molecule has 0 spiro atoms. The molecule has 1 atom stereocenters. The van der Waals surface area contributed by atoms with Gasteiger partial charge >= 0.3 is 0 Å². The van der Waals surface area contributed by atoms with Crippen LogP contribution in [-0.4, -0.2) is 44.8 Å². The molecule has 0 amide bonds. The summed E-state index contributed by atoms with van der Waals surface area (Å²) in [5, 5.41) is 3.31. The monoisotopic (exact) mass is 300 g/mol. The minimum absolute atomic E-state index is 0.225. The summed E-state index contributed by atoms with van der Waals surface area (Å²) >= 11 is 0. The van der Waals surface area contributed by atoms with Crippen LogP contribution in [0.2, 0.25) is 0 Å². The number of hydrogen-bond donors (Lipinski definition) is 1. The van der Waals surface area contributed by atoms with Crippen LogP contribution in [0.15, 0.2) is 18.2 Å². The van der Waals surface area contributed by atoms with Gasteiger partial charge in [-0.15, -0.1) is 0 Å². The van der Waals surface area contributed by atoms with E-state index in [1.165, 1.54) is 0 Å². The quantitative estimate of drug-likeness (QED) is 0.719. The van der Waals surface area contributed by atoms with E-state index in [4.69, 9.17) is 4.74 Å². The highest BCUT2D eigenvalue weighted by atomic mass is 19.2. The zero-order valence-corrected chi connectivity index (χ0v) is 13.2. The van der Waals surface area contributed by atoms with Gasteiger partial charge in [-0.25, -0.2) is 8.78 Å². The summed E-state index contributed by atoms with van der Waals surface area (Å²) in [6.45, 7) is 7.73. The molecule has 0 fully saturated rings. The van der Waals surface area contributed by atoms with Crippen LogP contribution < -0.4 is 5.32 Å². The first-order valence-electron chi connectivity index (χ1n) is 7.52. The zero-order chi connectivity index (χ0) is 15.7. The molecular weight excluding hydrogens is 274 g/mol. The fraction of sp³-hybridized carbons (Fsp3) is 0.625. The summed E-state index contributed by atoms with van der Waals surface area (Å²) in [4.78, 5) is 2.17. The summed E-state index contributed by atoms with van der Waals surface area (Å²) < 4.78 is 32.6. The Hall–Kier alpha value is -1.04. The van der Waals surface area contributed by atoms with E-state index in [9.17, 15) is 8.78 Å². The first-order chi connectivity index (χ1) is 10.1. The van der Waals surface area contributed by atoms with Crippen molar-refractivity contribution in [3.63, 3.8) is 0 Å². The second-order valence-corrected chi connectivity index (χ2v) is 5.04. The van der Waals surface area contributed by atoms with Crippen molar-refractivity contribution in [1.82, 2.24) is 10.2 Å². The predicted molar refractivity (Wildman–Crippen MR) is 81.4 cm³/mol. The molecule has 0 bridgehead atoms. The van der Waals surface area contributed by atoms with Crippen molar-refractivity contribution in [2.24, 2.45) is 0 Å². The van der Waals surface area contributed by atoms with Gasteiger partial charge in [-0.05, 0) is 25.6 Å². The third-order valence-corrected chi connectivity index (χ3v) is 3.50. The van der Waals surface area contributed by atoms with Gasteiger partial charge in [-0.2, -0.15) is 0 Å². The largest absolute Gasteiger partial charge is 0.383 e. The molecule has 1 rings (SSSR count). The molecule has 1 aromatic rings. The molecule has 3 nitrogen and oxygen atoms in total. The van der Waals surface area contributed by atoms with E-state index in [0.29, 0.717) is 18.7 Å². The Morgan fingerprint density at radius 3 is 2.67 bits per heavy atom. The van der Waals surface area contributed by atoms with E-state index in [2.05, 4.69) is 24.1 Å². The van der Waals surface area contributed by atoms with Gasteiger partial charge in [0.1, 0.15) is 0 Å². The highest BCUT2D eigenvalue weighted by molar-refractivity contribution is 5.23. The van der Waals surface area contributed by atoms with Gasteiger partial charge in [0.2, 0.25) is 0 Å². The lowest BCUT2D eigenvalue weighted by atomic mass is 10.0. The lowest BCUT2D eigenvalue weighted by Gasteiger charge is -2.27. The van der Waals surface area contributed by atoms with Crippen LogP contribution in [0.5, 0.6) is 0 Å². The fourth-order valence-electron chi connectivity index (χ4n) is 2.24. The minimum atomic E-state index is -0.796. The number of rotatable bonds is 10. The van der Waals surface area contributed by atoms with Crippen LogP contribution in [0.25, 0.3) is 0 Å². The summed E-state index contributed by atoms with van der Waals surface area (Å²) in [6, 6.07) is 4.13. The number of hydrogen-bond acceptors (Lipinski definition) is 3. The molecule has 0 aliphatic heterocycles. The summed E-state index contributed by atoms with van der Waals surface area (Å²) in [7, 11) is 1.66. The van der Waals surface area contributed by atoms with Crippen molar-refractivity contribution in [2.45, 2.75) is 26.3 Å². The van der Waals surface area contributed by atoms with Crippen LogP contribution in [0.1, 0.15) is 31.9 Å². The zero-order valence-electron chi connectivity index (χ0n) is 13.2. The van der Waals surface area contributed by atoms with Crippen LogP contribution in [0.4, 0.5) is 8.78 Å². The van der Waals surface area contributed by atoms with Gasteiger partial charge in [0, 0.05) is 31.8 Å². The molecule has 0 saturated heterocycles. The van der Waals surface area contributed by atoms with Crippen molar-refractivity contribution >= 4 is 0 Å². The second kappa shape index (κ2) is 9.82. The Bertz CT molecular complexity index is 415. The third kappa shape index (κ3) is 5.69. The molecule has 120 valence electrons. The molecule has 1 aromatic carbocycles.